The Balaban J connectivity index is 1.63. The Labute approximate surface area is 191 Å². The number of amides is 3. The second-order valence-electron chi connectivity index (χ2n) is 7.05. The van der Waals surface area contributed by atoms with Crippen molar-refractivity contribution >= 4 is 40.8 Å². The molecule has 0 spiro atoms. The number of halogens is 3. The number of anilines is 1. The Kier molecular flexibility index (Phi) is 5.74. The lowest BCUT2D eigenvalue weighted by Crippen LogP contribution is -2.41. The quantitative estimate of drug-likeness (QED) is 0.559. The Hall–Kier alpha value is -3.61. The maximum atomic E-state index is 13.8. The lowest BCUT2D eigenvalue weighted by molar-refractivity contribution is 0.0997. The molecular formula is C21H15Cl2FN6O2. The van der Waals surface area contributed by atoms with Gasteiger partial charge >= 0.3 is 6.03 Å². The van der Waals surface area contributed by atoms with E-state index in [1.54, 1.807) is 28.9 Å². The van der Waals surface area contributed by atoms with E-state index in [0.29, 0.717) is 35.6 Å². The first-order valence-electron chi connectivity index (χ1n) is 9.39. The number of hydrogen-bond acceptors (Lipinski definition) is 4. The van der Waals surface area contributed by atoms with Crippen LogP contribution in [0.1, 0.15) is 21.6 Å². The molecule has 3 amide bonds. The standard InChI is InChI=1S/C21H15Cl2FN6O2/c22-14-7-12(8-15(23)18(14)24)19-17(20(26)31)16-10-29(5-6-30(16)28-19)21(32)27-13-3-1-11(9-25)2-4-13/h1-4,7-8H,5-6,10H2,(H2,26,31)(H,27,32). The average molecular weight is 473 g/mol. The third-order valence-corrected chi connectivity index (χ3v) is 5.59. The van der Waals surface area contributed by atoms with Crippen molar-refractivity contribution in [3.63, 3.8) is 0 Å². The Morgan fingerprint density at radius 2 is 1.81 bits per heavy atom. The van der Waals surface area contributed by atoms with Crippen LogP contribution in [0.15, 0.2) is 36.4 Å². The van der Waals surface area contributed by atoms with Crippen molar-refractivity contribution in [3.8, 4) is 17.3 Å². The van der Waals surface area contributed by atoms with E-state index < -0.39 is 11.7 Å². The number of carbonyl (C=O) groups excluding carboxylic acids is 2. The highest BCUT2D eigenvalue weighted by atomic mass is 35.5. The summed E-state index contributed by atoms with van der Waals surface area (Å²) in [5.74, 6) is -1.51. The van der Waals surface area contributed by atoms with Gasteiger partial charge in [0, 0.05) is 17.8 Å². The third-order valence-electron chi connectivity index (χ3n) is 5.04. The van der Waals surface area contributed by atoms with Crippen LogP contribution in [0.25, 0.3) is 11.3 Å². The van der Waals surface area contributed by atoms with Gasteiger partial charge in [-0.1, -0.05) is 23.2 Å². The molecular weight excluding hydrogens is 458 g/mol. The number of nitrogens with two attached hydrogens (primary N) is 1. The van der Waals surface area contributed by atoms with Gasteiger partial charge in [-0.3, -0.25) is 9.48 Å². The predicted molar refractivity (Wildman–Crippen MR) is 117 cm³/mol. The van der Waals surface area contributed by atoms with Gasteiger partial charge in [-0.05, 0) is 36.4 Å². The van der Waals surface area contributed by atoms with Crippen molar-refractivity contribution in [3.05, 3.63) is 69.1 Å². The zero-order valence-corrected chi connectivity index (χ0v) is 17.9. The van der Waals surface area contributed by atoms with Crippen molar-refractivity contribution in [2.45, 2.75) is 13.1 Å². The molecule has 0 aliphatic carbocycles. The first kappa shape index (κ1) is 21.6. The topological polar surface area (TPSA) is 117 Å². The molecule has 0 fully saturated rings. The largest absolute Gasteiger partial charge is 0.365 e. The van der Waals surface area contributed by atoms with Crippen LogP contribution in [0.5, 0.6) is 0 Å². The number of benzene rings is 2. The van der Waals surface area contributed by atoms with E-state index in [-0.39, 0.29) is 33.9 Å². The number of aromatic nitrogens is 2. The second-order valence-corrected chi connectivity index (χ2v) is 7.87. The first-order chi connectivity index (χ1) is 15.3. The van der Waals surface area contributed by atoms with Gasteiger partial charge in [0.1, 0.15) is 5.69 Å². The summed E-state index contributed by atoms with van der Waals surface area (Å²) in [6.07, 6.45) is 0. The molecule has 2 aromatic carbocycles. The molecule has 3 aromatic rings. The fraction of sp³-hybridized carbons (Fsp3) is 0.143. The molecule has 3 N–H and O–H groups in total. The number of rotatable bonds is 3. The van der Waals surface area contributed by atoms with E-state index in [1.807, 2.05) is 6.07 Å². The van der Waals surface area contributed by atoms with Crippen LogP contribution in [0.3, 0.4) is 0 Å². The minimum Gasteiger partial charge on any atom is -0.365 e. The van der Waals surface area contributed by atoms with E-state index in [9.17, 15) is 14.0 Å². The number of hydrogen-bond donors (Lipinski definition) is 2. The molecule has 1 aromatic heterocycles. The normalized spacial score (nSPS) is 12.8. The highest BCUT2D eigenvalue weighted by Crippen LogP contribution is 2.34. The molecule has 0 saturated carbocycles. The zero-order chi connectivity index (χ0) is 23.0. The van der Waals surface area contributed by atoms with Gasteiger partial charge in [-0.25, -0.2) is 9.18 Å². The first-order valence-corrected chi connectivity index (χ1v) is 10.1. The summed E-state index contributed by atoms with van der Waals surface area (Å²) >= 11 is 11.8. The van der Waals surface area contributed by atoms with Crippen LogP contribution in [0.2, 0.25) is 10.0 Å². The summed E-state index contributed by atoms with van der Waals surface area (Å²) in [6.45, 7) is 0.731. The van der Waals surface area contributed by atoms with Gasteiger partial charge in [-0.2, -0.15) is 10.4 Å². The van der Waals surface area contributed by atoms with Gasteiger partial charge in [-0.15, -0.1) is 0 Å². The number of nitrogens with one attached hydrogen (secondary N) is 1. The van der Waals surface area contributed by atoms with Gasteiger partial charge in [0.05, 0.1) is 46.0 Å². The number of nitriles is 1. The fourth-order valence-corrected chi connectivity index (χ4v) is 3.96. The van der Waals surface area contributed by atoms with Crippen LogP contribution in [0, 0.1) is 17.1 Å². The average Bonchev–Trinajstić information content (AvgIpc) is 3.16. The van der Waals surface area contributed by atoms with Crippen LogP contribution >= 0.6 is 23.2 Å². The molecule has 1 aliphatic rings. The summed E-state index contributed by atoms with van der Waals surface area (Å²) in [4.78, 5) is 26.5. The zero-order valence-electron chi connectivity index (χ0n) is 16.4. The second kappa shape index (κ2) is 8.49. The maximum absolute atomic E-state index is 13.8. The number of urea groups is 1. The van der Waals surface area contributed by atoms with E-state index in [2.05, 4.69) is 10.4 Å². The van der Waals surface area contributed by atoms with Gasteiger partial charge in [0.25, 0.3) is 5.91 Å². The van der Waals surface area contributed by atoms with Crippen LogP contribution < -0.4 is 11.1 Å². The molecule has 162 valence electrons. The van der Waals surface area contributed by atoms with E-state index in [4.69, 9.17) is 34.2 Å². The van der Waals surface area contributed by atoms with Crippen LogP contribution in [-0.2, 0) is 13.1 Å². The molecule has 2 heterocycles. The summed E-state index contributed by atoms with van der Waals surface area (Å²) in [5.41, 5.74) is 7.74. The number of carbonyl (C=O) groups is 2. The molecule has 0 saturated heterocycles. The SMILES string of the molecule is N#Cc1ccc(NC(=O)N2CCn3nc(-c4cc(Cl)c(F)c(Cl)c4)c(C(N)=O)c3C2)cc1. The Morgan fingerprint density at radius 1 is 1.16 bits per heavy atom. The van der Waals surface area contributed by atoms with Crippen LogP contribution in [-0.4, -0.2) is 33.2 Å². The molecule has 0 radical (unpaired) electrons. The molecule has 0 atom stereocenters. The molecule has 11 heteroatoms. The van der Waals surface area contributed by atoms with E-state index >= 15 is 0 Å². The maximum Gasteiger partial charge on any atom is 0.322 e. The van der Waals surface area contributed by atoms with Gasteiger partial charge < -0.3 is 16.0 Å². The highest BCUT2D eigenvalue weighted by Gasteiger charge is 2.30. The van der Waals surface area contributed by atoms with E-state index in [1.165, 1.54) is 17.0 Å². The Bertz CT molecular complexity index is 1260. The van der Waals surface area contributed by atoms with Crippen molar-refractivity contribution in [2.24, 2.45) is 5.73 Å². The molecule has 0 unspecified atom stereocenters. The van der Waals surface area contributed by atoms with Crippen molar-refractivity contribution < 1.29 is 14.0 Å². The van der Waals surface area contributed by atoms with Gasteiger partial charge in [0.2, 0.25) is 0 Å². The highest BCUT2D eigenvalue weighted by molar-refractivity contribution is 6.35. The summed E-state index contributed by atoms with van der Waals surface area (Å²) in [7, 11) is 0. The molecule has 8 nitrogen and oxygen atoms in total. The van der Waals surface area contributed by atoms with E-state index in [0.717, 1.165) is 0 Å². The van der Waals surface area contributed by atoms with Crippen molar-refractivity contribution in [2.75, 3.05) is 11.9 Å². The smallest absolute Gasteiger partial charge is 0.322 e. The number of nitrogens with zero attached hydrogens (tertiary/aromatic N) is 4. The Morgan fingerprint density at radius 3 is 2.41 bits per heavy atom. The summed E-state index contributed by atoms with van der Waals surface area (Å²) < 4.78 is 15.4. The number of fused-ring (bicyclic) bond motifs is 1. The van der Waals surface area contributed by atoms with Crippen molar-refractivity contribution in [1.29, 1.82) is 5.26 Å². The lowest BCUT2D eigenvalue weighted by atomic mass is 10.0. The minimum atomic E-state index is -0.771. The summed E-state index contributed by atoms with van der Waals surface area (Å²) in [5, 5.41) is 15.7. The lowest BCUT2D eigenvalue weighted by Gasteiger charge is -2.28. The summed E-state index contributed by atoms with van der Waals surface area (Å²) in [6, 6.07) is 10.7. The van der Waals surface area contributed by atoms with Crippen LogP contribution in [0.4, 0.5) is 14.9 Å². The van der Waals surface area contributed by atoms with Gasteiger partial charge in [0.15, 0.2) is 5.82 Å². The molecule has 32 heavy (non-hydrogen) atoms. The fourth-order valence-electron chi connectivity index (χ4n) is 3.47. The number of primary amides is 1. The minimum absolute atomic E-state index is 0.0794. The molecule has 1 aliphatic heterocycles. The van der Waals surface area contributed by atoms with Crippen molar-refractivity contribution in [1.82, 2.24) is 14.7 Å². The molecule has 4 rings (SSSR count). The third kappa shape index (κ3) is 3.98. The monoisotopic (exact) mass is 472 g/mol. The molecule has 0 bridgehead atoms. The predicted octanol–water partition coefficient (Wildman–Crippen LogP) is 4.01.